The number of rotatable bonds is 4. The number of hydrogen-bond donors (Lipinski definition) is 2. The highest BCUT2D eigenvalue weighted by Crippen LogP contribution is 2.31. The molecular weight excluding hydrogens is 224 g/mol. The molecule has 0 spiro atoms. The van der Waals surface area contributed by atoms with Gasteiger partial charge in [-0.2, -0.15) is 0 Å². The second-order valence-corrected chi connectivity index (χ2v) is 4.10. The second kappa shape index (κ2) is 6.03. The van der Waals surface area contributed by atoms with Gasteiger partial charge in [0.2, 0.25) is 0 Å². The Balaban J connectivity index is 2.38. The molecule has 18 heavy (non-hydrogen) atoms. The Bertz CT molecular complexity index is 503. The number of hydrogen-bond acceptors (Lipinski definition) is 2. The summed E-state index contributed by atoms with van der Waals surface area (Å²) in [7, 11) is 0. The third-order valence-electron chi connectivity index (χ3n) is 3.01. The van der Waals surface area contributed by atoms with Crippen LogP contribution < -0.4 is 0 Å². The minimum atomic E-state index is -0.210. The summed E-state index contributed by atoms with van der Waals surface area (Å²) in [6.45, 7) is -0.0364. The quantitative estimate of drug-likeness (QED) is 0.804. The molecule has 2 aromatic carbocycles. The lowest BCUT2D eigenvalue weighted by atomic mass is 9.88. The van der Waals surface area contributed by atoms with E-state index in [1.807, 2.05) is 60.7 Å². The predicted octanol–water partition coefficient (Wildman–Crippen LogP) is 3.36. The Morgan fingerprint density at radius 1 is 0.944 bits per heavy atom. The topological polar surface area (TPSA) is 40.5 Å². The monoisotopic (exact) mass is 240 g/mol. The first kappa shape index (κ1) is 12.4. The van der Waals surface area contributed by atoms with Gasteiger partial charge in [-0.05, 0) is 11.1 Å². The van der Waals surface area contributed by atoms with E-state index in [9.17, 15) is 10.2 Å². The van der Waals surface area contributed by atoms with Gasteiger partial charge in [0.25, 0.3) is 0 Å². The summed E-state index contributed by atoms with van der Waals surface area (Å²) < 4.78 is 0. The molecule has 0 amide bonds. The minimum absolute atomic E-state index is 0.0364. The minimum Gasteiger partial charge on any atom is -0.515 e. The van der Waals surface area contributed by atoms with E-state index in [4.69, 9.17) is 0 Å². The molecule has 0 aliphatic carbocycles. The number of benzene rings is 2. The van der Waals surface area contributed by atoms with Crippen molar-refractivity contribution < 1.29 is 10.2 Å². The summed E-state index contributed by atoms with van der Waals surface area (Å²) in [5.41, 5.74) is 2.64. The number of aliphatic hydroxyl groups is 2. The summed E-state index contributed by atoms with van der Waals surface area (Å²) in [6, 6.07) is 19.3. The Hall–Kier alpha value is -2.06. The van der Waals surface area contributed by atoms with Gasteiger partial charge in [0.15, 0.2) is 0 Å². The molecule has 0 heterocycles. The maximum absolute atomic E-state index is 9.59. The third-order valence-corrected chi connectivity index (χ3v) is 3.01. The summed E-state index contributed by atoms with van der Waals surface area (Å²) >= 11 is 0. The zero-order valence-corrected chi connectivity index (χ0v) is 10.0. The van der Waals surface area contributed by atoms with E-state index in [1.165, 1.54) is 0 Å². The molecule has 1 unspecified atom stereocenters. The van der Waals surface area contributed by atoms with Crippen molar-refractivity contribution in [1.29, 1.82) is 0 Å². The third kappa shape index (κ3) is 2.60. The van der Waals surface area contributed by atoms with Crippen molar-refractivity contribution in [3.8, 4) is 0 Å². The first-order valence-electron chi connectivity index (χ1n) is 5.92. The summed E-state index contributed by atoms with van der Waals surface area (Å²) in [5.74, 6) is -0.210. The molecule has 2 heteroatoms. The molecular formula is C16H16O2. The molecule has 2 rings (SSSR count). The molecule has 0 radical (unpaired) electrons. The van der Waals surface area contributed by atoms with Crippen LogP contribution in [0.2, 0.25) is 0 Å². The first-order valence-corrected chi connectivity index (χ1v) is 5.92. The average Bonchev–Trinajstić information content (AvgIpc) is 2.46. The van der Waals surface area contributed by atoms with Crippen LogP contribution in [0.4, 0.5) is 0 Å². The van der Waals surface area contributed by atoms with Gasteiger partial charge in [0.05, 0.1) is 12.9 Å². The molecule has 2 nitrogen and oxygen atoms in total. The highest BCUT2D eigenvalue weighted by molar-refractivity contribution is 5.70. The molecule has 2 aromatic rings. The molecule has 2 N–H and O–H groups in total. The molecule has 0 bridgehead atoms. The maximum Gasteiger partial charge on any atom is 0.0836 e. The van der Waals surface area contributed by atoms with E-state index in [0.717, 1.165) is 23.0 Å². The molecule has 92 valence electrons. The van der Waals surface area contributed by atoms with E-state index in [-0.39, 0.29) is 12.5 Å². The van der Waals surface area contributed by atoms with Gasteiger partial charge in [0.1, 0.15) is 0 Å². The van der Waals surface area contributed by atoms with Crippen LogP contribution in [-0.2, 0) is 0 Å². The maximum atomic E-state index is 9.59. The highest BCUT2D eigenvalue weighted by Gasteiger charge is 2.17. The second-order valence-electron chi connectivity index (χ2n) is 4.10. The Morgan fingerprint density at radius 2 is 1.50 bits per heavy atom. The van der Waals surface area contributed by atoms with Crippen LogP contribution >= 0.6 is 0 Å². The largest absolute Gasteiger partial charge is 0.515 e. The number of aliphatic hydroxyl groups excluding tert-OH is 2. The Kier molecular flexibility index (Phi) is 4.15. The van der Waals surface area contributed by atoms with Crippen molar-refractivity contribution in [3.63, 3.8) is 0 Å². The zero-order chi connectivity index (χ0) is 12.8. The zero-order valence-electron chi connectivity index (χ0n) is 10.0. The van der Waals surface area contributed by atoms with E-state index in [1.54, 1.807) is 0 Å². The normalized spacial score (nSPS) is 13.3. The van der Waals surface area contributed by atoms with Crippen molar-refractivity contribution >= 4 is 5.57 Å². The van der Waals surface area contributed by atoms with Crippen molar-refractivity contribution in [3.05, 3.63) is 78.1 Å². The van der Waals surface area contributed by atoms with Crippen LogP contribution in [-0.4, -0.2) is 16.8 Å². The smallest absolute Gasteiger partial charge is 0.0836 e. The highest BCUT2D eigenvalue weighted by atomic mass is 16.3. The van der Waals surface area contributed by atoms with E-state index < -0.39 is 0 Å². The fourth-order valence-electron chi connectivity index (χ4n) is 2.06. The molecule has 0 aliphatic rings. The van der Waals surface area contributed by atoms with Crippen molar-refractivity contribution in [2.24, 2.45) is 0 Å². The lowest BCUT2D eigenvalue weighted by Gasteiger charge is -2.18. The summed E-state index contributed by atoms with van der Waals surface area (Å²) in [6.07, 6.45) is 1.09. The fourth-order valence-corrected chi connectivity index (χ4v) is 2.06. The molecule has 0 aromatic heterocycles. The molecule has 0 saturated heterocycles. The molecule has 0 saturated carbocycles. The van der Waals surface area contributed by atoms with Gasteiger partial charge in [-0.25, -0.2) is 0 Å². The predicted molar refractivity (Wildman–Crippen MR) is 73.3 cm³/mol. The lowest BCUT2D eigenvalue weighted by Crippen LogP contribution is -2.07. The summed E-state index contributed by atoms with van der Waals surface area (Å²) in [4.78, 5) is 0. The fraction of sp³-hybridized carbons (Fsp3) is 0.125. The van der Waals surface area contributed by atoms with Crippen LogP contribution in [0.3, 0.4) is 0 Å². The lowest BCUT2D eigenvalue weighted by molar-refractivity contribution is 0.285. The molecule has 0 aliphatic heterocycles. The van der Waals surface area contributed by atoms with Gasteiger partial charge in [-0.15, -0.1) is 0 Å². The Morgan fingerprint density at radius 3 is 2.00 bits per heavy atom. The van der Waals surface area contributed by atoms with Gasteiger partial charge < -0.3 is 10.2 Å². The van der Waals surface area contributed by atoms with Crippen molar-refractivity contribution in [2.75, 3.05) is 6.61 Å². The summed E-state index contributed by atoms with van der Waals surface area (Å²) in [5, 5.41) is 19.1. The van der Waals surface area contributed by atoms with Gasteiger partial charge in [0, 0.05) is 11.5 Å². The SMILES string of the molecule is OC=C(c1ccccc1)C(CO)c1ccccc1. The first-order chi connectivity index (χ1) is 8.86. The van der Waals surface area contributed by atoms with E-state index >= 15 is 0 Å². The molecule has 0 fully saturated rings. The van der Waals surface area contributed by atoms with Crippen LogP contribution in [0.1, 0.15) is 17.0 Å². The Labute approximate surface area is 107 Å². The van der Waals surface area contributed by atoms with Gasteiger partial charge in [-0.1, -0.05) is 60.7 Å². The van der Waals surface area contributed by atoms with Gasteiger partial charge in [-0.3, -0.25) is 0 Å². The van der Waals surface area contributed by atoms with Crippen LogP contribution in [0.15, 0.2) is 66.9 Å². The van der Waals surface area contributed by atoms with Crippen molar-refractivity contribution in [2.45, 2.75) is 5.92 Å². The van der Waals surface area contributed by atoms with Crippen LogP contribution in [0, 0.1) is 0 Å². The molecule has 1 atom stereocenters. The van der Waals surface area contributed by atoms with Gasteiger partial charge >= 0.3 is 0 Å². The van der Waals surface area contributed by atoms with Crippen LogP contribution in [0.25, 0.3) is 5.57 Å². The standard InChI is InChI=1S/C16H16O2/c17-11-15(13-7-3-1-4-8-13)16(12-18)14-9-5-2-6-10-14/h1-11,16-18H,12H2. The average molecular weight is 240 g/mol. The van der Waals surface area contributed by atoms with E-state index in [2.05, 4.69) is 0 Å². The van der Waals surface area contributed by atoms with E-state index in [0.29, 0.717) is 0 Å². The van der Waals surface area contributed by atoms with Crippen molar-refractivity contribution in [1.82, 2.24) is 0 Å². The van der Waals surface area contributed by atoms with Crippen LogP contribution in [0.5, 0.6) is 0 Å².